The summed E-state index contributed by atoms with van der Waals surface area (Å²) in [7, 11) is 0. The van der Waals surface area contributed by atoms with Gasteiger partial charge in [-0.3, -0.25) is 0 Å². The lowest BCUT2D eigenvalue weighted by atomic mass is 9.77. The van der Waals surface area contributed by atoms with Gasteiger partial charge in [-0.2, -0.15) is 0 Å². The number of hydrogen-bond donors (Lipinski definition) is 0. The Morgan fingerprint density at radius 3 is 3.06 bits per heavy atom. The highest BCUT2D eigenvalue weighted by molar-refractivity contribution is 5.53. The predicted molar refractivity (Wildman–Crippen MR) is 60.3 cm³/mol. The molecule has 3 aliphatic heterocycles. The SMILES string of the molecule is C[C@]12C=C[C@H](O1)[C@@H]1C2=COc2ccccc21. The predicted octanol–water partition coefficient (Wildman–Crippen LogP) is 2.77. The van der Waals surface area contributed by atoms with E-state index in [4.69, 9.17) is 9.47 Å². The molecule has 1 saturated heterocycles. The highest BCUT2D eigenvalue weighted by Gasteiger charge is 2.52. The number of para-hydroxylation sites is 1. The lowest BCUT2D eigenvalue weighted by Gasteiger charge is -2.28. The molecule has 2 nitrogen and oxygen atoms in total. The van der Waals surface area contributed by atoms with E-state index in [0.717, 1.165) is 5.75 Å². The van der Waals surface area contributed by atoms with Gasteiger partial charge < -0.3 is 9.47 Å². The molecule has 4 rings (SSSR count). The summed E-state index contributed by atoms with van der Waals surface area (Å²) in [5, 5.41) is 0. The van der Waals surface area contributed by atoms with E-state index in [9.17, 15) is 0 Å². The van der Waals surface area contributed by atoms with Gasteiger partial charge in [0.2, 0.25) is 0 Å². The summed E-state index contributed by atoms with van der Waals surface area (Å²) >= 11 is 0. The van der Waals surface area contributed by atoms with Gasteiger partial charge in [-0.1, -0.05) is 30.4 Å². The van der Waals surface area contributed by atoms with Crippen LogP contribution in [0.15, 0.2) is 48.3 Å². The Morgan fingerprint density at radius 1 is 1.25 bits per heavy atom. The summed E-state index contributed by atoms with van der Waals surface area (Å²) < 4.78 is 11.7. The molecule has 0 spiro atoms. The molecule has 0 radical (unpaired) electrons. The van der Waals surface area contributed by atoms with Gasteiger partial charge in [-0.15, -0.1) is 0 Å². The van der Waals surface area contributed by atoms with Crippen LogP contribution in [0.3, 0.4) is 0 Å². The second-order valence-electron chi connectivity index (χ2n) is 4.76. The zero-order valence-corrected chi connectivity index (χ0v) is 9.01. The first-order valence-corrected chi connectivity index (χ1v) is 5.61. The topological polar surface area (TPSA) is 18.5 Å². The van der Waals surface area contributed by atoms with E-state index in [-0.39, 0.29) is 11.7 Å². The lowest BCUT2D eigenvalue weighted by Crippen LogP contribution is -2.24. The molecule has 2 heteroatoms. The van der Waals surface area contributed by atoms with Crippen LogP contribution in [0.25, 0.3) is 0 Å². The van der Waals surface area contributed by atoms with Gasteiger partial charge in [-0.05, 0) is 13.0 Å². The van der Waals surface area contributed by atoms with Crippen molar-refractivity contribution in [3.8, 4) is 5.75 Å². The molecular formula is C14H12O2. The second kappa shape index (κ2) is 2.58. The van der Waals surface area contributed by atoms with Crippen LogP contribution in [0.1, 0.15) is 18.4 Å². The van der Waals surface area contributed by atoms with E-state index in [1.54, 1.807) is 0 Å². The molecule has 3 heterocycles. The third-order valence-electron chi connectivity index (χ3n) is 3.79. The van der Waals surface area contributed by atoms with E-state index >= 15 is 0 Å². The van der Waals surface area contributed by atoms with Crippen LogP contribution in [0.4, 0.5) is 0 Å². The Morgan fingerprint density at radius 2 is 2.12 bits per heavy atom. The second-order valence-corrected chi connectivity index (χ2v) is 4.76. The van der Waals surface area contributed by atoms with Crippen molar-refractivity contribution in [2.24, 2.45) is 0 Å². The molecule has 1 aromatic carbocycles. The highest BCUT2D eigenvalue weighted by atomic mass is 16.5. The molecule has 0 amide bonds. The van der Waals surface area contributed by atoms with E-state index in [2.05, 4.69) is 31.2 Å². The fraction of sp³-hybridized carbons (Fsp3) is 0.286. The van der Waals surface area contributed by atoms with Gasteiger partial charge in [0.1, 0.15) is 11.4 Å². The minimum absolute atomic E-state index is 0.182. The van der Waals surface area contributed by atoms with Crippen LogP contribution < -0.4 is 4.74 Å². The monoisotopic (exact) mass is 212 g/mol. The minimum atomic E-state index is -0.247. The Kier molecular flexibility index (Phi) is 1.39. The first-order valence-electron chi connectivity index (χ1n) is 5.61. The number of fused-ring (bicyclic) bond motifs is 7. The van der Waals surface area contributed by atoms with Crippen molar-refractivity contribution in [2.45, 2.75) is 24.5 Å². The molecule has 80 valence electrons. The van der Waals surface area contributed by atoms with Crippen LogP contribution in [0.5, 0.6) is 5.75 Å². The quantitative estimate of drug-likeness (QED) is 0.616. The van der Waals surface area contributed by atoms with E-state index in [1.165, 1.54) is 11.1 Å². The van der Waals surface area contributed by atoms with Gasteiger partial charge in [-0.25, -0.2) is 0 Å². The van der Waals surface area contributed by atoms with Crippen LogP contribution >= 0.6 is 0 Å². The van der Waals surface area contributed by atoms with Crippen molar-refractivity contribution in [3.05, 3.63) is 53.8 Å². The maximum atomic E-state index is 6.00. The molecule has 0 saturated carbocycles. The van der Waals surface area contributed by atoms with Crippen molar-refractivity contribution in [3.63, 3.8) is 0 Å². The summed E-state index contributed by atoms with van der Waals surface area (Å²) in [6.07, 6.45) is 6.36. The summed E-state index contributed by atoms with van der Waals surface area (Å²) in [4.78, 5) is 0. The maximum Gasteiger partial charge on any atom is 0.130 e. The van der Waals surface area contributed by atoms with Crippen molar-refractivity contribution >= 4 is 0 Å². The van der Waals surface area contributed by atoms with Crippen LogP contribution in [0.2, 0.25) is 0 Å². The van der Waals surface area contributed by atoms with Gasteiger partial charge >= 0.3 is 0 Å². The van der Waals surface area contributed by atoms with E-state index in [0.29, 0.717) is 5.92 Å². The van der Waals surface area contributed by atoms with Crippen LogP contribution in [-0.2, 0) is 4.74 Å². The summed E-state index contributed by atoms with van der Waals surface area (Å²) in [6.45, 7) is 2.10. The first-order chi connectivity index (χ1) is 7.78. The molecule has 0 N–H and O–H groups in total. The Balaban J connectivity index is 1.94. The Bertz CT molecular complexity index is 529. The molecular weight excluding hydrogens is 200 g/mol. The van der Waals surface area contributed by atoms with Crippen LogP contribution in [-0.4, -0.2) is 11.7 Å². The van der Waals surface area contributed by atoms with E-state index < -0.39 is 0 Å². The van der Waals surface area contributed by atoms with Gasteiger partial charge in [0.05, 0.1) is 12.4 Å². The first kappa shape index (κ1) is 8.59. The van der Waals surface area contributed by atoms with Crippen molar-refractivity contribution in [1.82, 2.24) is 0 Å². The number of ether oxygens (including phenoxy) is 2. The zero-order valence-electron chi connectivity index (χ0n) is 9.01. The third kappa shape index (κ3) is 0.866. The normalized spacial score (nSPS) is 37.7. The fourth-order valence-electron chi connectivity index (χ4n) is 2.98. The zero-order chi connectivity index (χ0) is 10.8. The maximum absolute atomic E-state index is 6.00. The van der Waals surface area contributed by atoms with Crippen molar-refractivity contribution < 1.29 is 9.47 Å². The van der Waals surface area contributed by atoms with Gasteiger partial charge in [0, 0.05) is 17.1 Å². The molecule has 0 unspecified atom stereocenters. The molecule has 3 aliphatic rings. The third-order valence-corrected chi connectivity index (χ3v) is 3.79. The number of rotatable bonds is 0. The average molecular weight is 212 g/mol. The Hall–Kier alpha value is -1.54. The van der Waals surface area contributed by atoms with Gasteiger partial charge in [0.15, 0.2) is 0 Å². The highest BCUT2D eigenvalue weighted by Crippen LogP contribution is 2.54. The molecule has 0 aliphatic carbocycles. The smallest absolute Gasteiger partial charge is 0.130 e. The molecule has 2 bridgehead atoms. The standard InChI is InChI=1S/C14H12O2/c1-14-7-6-12(16-14)13-9-4-2-3-5-11(9)15-8-10(13)14/h2-8,12-13H,1H3/t12-,13-,14+/m0/s1. The molecule has 1 aromatic rings. The van der Waals surface area contributed by atoms with Crippen molar-refractivity contribution in [1.29, 1.82) is 0 Å². The molecule has 0 aromatic heterocycles. The van der Waals surface area contributed by atoms with Crippen molar-refractivity contribution in [2.75, 3.05) is 0 Å². The largest absolute Gasteiger partial charge is 0.465 e. The lowest BCUT2D eigenvalue weighted by molar-refractivity contribution is 0.0563. The minimum Gasteiger partial charge on any atom is -0.465 e. The molecule has 1 fully saturated rings. The van der Waals surface area contributed by atoms with Crippen LogP contribution in [0, 0.1) is 0 Å². The summed E-state index contributed by atoms with van der Waals surface area (Å²) in [5.74, 6) is 1.31. The number of hydrogen-bond acceptors (Lipinski definition) is 2. The Labute approximate surface area is 94.2 Å². The summed E-state index contributed by atoms with van der Waals surface area (Å²) in [6, 6.07) is 8.21. The fourth-order valence-corrected chi connectivity index (χ4v) is 2.98. The van der Waals surface area contributed by atoms with Gasteiger partial charge in [0.25, 0.3) is 0 Å². The number of benzene rings is 1. The average Bonchev–Trinajstić information content (AvgIpc) is 2.83. The van der Waals surface area contributed by atoms with E-state index in [1.807, 2.05) is 18.4 Å². The molecule has 16 heavy (non-hydrogen) atoms. The summed E-state index contributed by atoms with van der Waals surface area (Å²) in [5.41, 5.74) is 2.25. The molecule has 3 atom stereocenters.